The van der Waals surface area contributed by atoms with Crippen LogP contribution < -0.4 is 0 Å². The maximum Gasteiger partial charge on any atom is 0.0662 e. The second-order valence-corrected chi connectivity index (χ2v) is 6.30. The van der Waals surface area contributed by atoms with E-state index in [0.29, 0.717) is 0 Å². The number of aliphatic hydroxyl groups is 2. The van der Waals surface area contributed by atoms with Crippen LogP contribution in [0.2, 0.25) is 0 Å². The van der Waals surface area contributed by atoms with Gasteiger partial charge >= 0.3 is 0 Å². The maximum atomic E-state index is 7.62. The zero-order valence-electron chi connectivity index (χ0n) is 16.0. The molecule has 23 heavy (non-hydrogen) atoms. The van der Waals surface area contributed by atoms with Gasteiger partial charge in [-0.2, -0.15) is 0 Å². The Bertz CT molecular complexity index is 156. The third-order valence-electron chi connectivity index (χ3n) is 3.88. The van der Waals surface area contributed by atoms with Gasteiger partial charge in [-0.3, -0.25) is 0 Å². The van der Waals surface area contributed by atoms with Gasteiger partial charge in [0.05, 0.1) is 13.2 Å². The van der Waals surface area contributed by atoms with Gasteiger partial charge in [0.15, 0.2) is 0 Å². The quantitative estimate of drug-likeness (QED) is 0.347. The van der Waals surface area contributed by atoms with Crippen molar-refractivity contribution >= 4 is 0 Å². The van der Waals surface area contributed by atoms with E-state index in [0.717, 1.165) is 13.2 Å². The van der Waals surface area contributed by atoms with E-state index in [9.17, 15) is 0 Å². The molecule has 0 atom stereocenters. The SMILES string of the molecule is CCCCCCCCCCOCCCCCCCC.OCCO. The Morgan fingerprint density at radius 2 is 0.783 bits per heavy atom. The van der Waals surface area contributed by atoms with E-state index < -0.39 is 0 Å². The molecule has 0 aliphatic carbocycles. The Hall–Kier alpha value is -0.120. The standard InChI is InChI=1S/C18H38O.C2H6O2/c1-3-5-7-9-11-12-14-16-18-19-17-15-13-10-8-6-4-2;3-1-2-4/h3-18H2,1-2H3;3-4H,1-2H2. The molecule has 0 saturated heterocycles. The van der Waals surface area contributed by atoms with Gasteiger partial charge < -0.3 is 14.9 Å². The van der Waals surface area contributed by atoms with E-state index in [1.54, 1.807) is 0 Å². The highest BCUT2D eigenvalue weighted by Gasteiger charge is 1.93. The topological polar surface area (TPSA) is 49.7 Å². The summed E-state index contributed by atoms with van der Waals surface area (Å²) < 4.78 is 5.69. The van der Waals surface area contributed by atoms with Gasteiger partial charge in [-0.15, -0.1) is 0 Å². The van der Waals surface area contributed by atoms with Gasteiger partial charge in [0.25, 0.3) is 0 Å². The summed E-state index contributed by atoms with van der Waals surface area (Å²) in [5, 5.41) is 15.2. The molecule has 0 aliphatic rings. The summed E-state index contributed by atoms with van der Waals surface area (Å²) in [5.41, 5.74) is 0. The van der Waals surface area contributed by atoms with Crippen molar-refractivity contribution in [3.05, 3.63) is 0 Å². The van der Waals surface area contributed by atoms with E-state index in [1.165, 1.54) is 89.9 Å². The minimum absolute atomic E-state index is 0.125. The van der Waals surface area contributed by atoms with E-state index in [1.807, 2.05) is 0 Å². The summed E-state index contributed by atoms with van der Waals surface area (Å²) in [5.74, 6) is 0. The lowest BCUT2D eigenvalue weighted by Gasteiger charge is -2.04. The Labute approximate surface area is 145 Å². The number of ether oxygens (including phenoxy) is 1. The first-order valence-electron chi connectivity index (χ1n) is 10.1. The molecule has 0 aromatic heterocycles. The first-order valence-corrected chi connectivity index (χ1v) is 10.1. The second-order valence-electron chi connectivity index (χ2n) is 6.30. The van der Waals surface area contributed by atoms with Gasteiger partial charge in [0, 0.05) is 13.2 Å². The van der Waals surface area contributed by atoms with Crippen LogP contribution in [0, 0.1) is 0 Å². The maximum absolute atomic E-state index is 7.62. The van der Waals surface area contributed by atoms with Gasteiger partial charge in [-0.05, 0) is 12.8 Å². The van der Waals surface area contributed by atoms with Crippen molar-refractivity contribution in [3.63, 3.8) is 0 Å². The first kappa shape index (κ1) is 25.1. The molecule has 0 bridgehead atoms. The zero-order chi connectivity index (χ0) is 17.4. The summed E-state index contributed by atoms with van der Waals surface area (Å²) in [4.78, 5) is 0. The minimum atomic E-state index is -0.125. The lowest BCUT2D eigenvalue weighted by molar-refractivity contribution is 0.125. The molecule has 0 rings (SSSR count). The molecule has 0 spiro atoms. The van der Waals surface area contributed by atoms with Crippen LogP contribution in [0.3, 0.4) is 0 Å². The summed E-state index contributed by atoms with van der Waals surface area (Å²) in [6.45, 7) is 6.28. The lowest BCUT2D eigenvalue weighted by atomic mass is 10.1. The van der Waals surface area contributed by atoms with Crippen molar-refractivity contribution < 1.29 is 14.9 Å². The first-order chi connectivity index (χ1) is 11.3. The summed E-state index contributed by atoms with van der Waals surface area (Å²) >= 11 is 0. The predicted octanol–water partition coefficient (Wildman–Crippen LogP) is 5.48. The lowest BCUT2D eigenvalue weighted by Crippen LogP contribution is -1.97. The monoisotopic (exact) mass is 332 g/mol. The highest BCUT2D eigenvalue weighted by Crippen LogP contribution is 2.09. The zero-order valence-corrected chi connectivity index (χ0v) is 16.0. The average molecular weight is 333 g/mol. The summed E-state index contributed by atoms with van der Waals surface area (Å²) in [6, 6.07) is 0. The molecule has 3 heteroatoms. The Balaban J connectivity index is 0. The Morgan fingerprint density at radius 1 is 0.478 bits per heavy atom. The molecule has 0 unspecified atom stereocenters. The third kappa shape index (κ3) is 30.3. The molecule has 0 heterocycles. The van der Waals surface area contributed by atoms with Crippen LogP contribution in [-0.4, -0.2) is 36.6 Å². The molecule has 0 aliphatic heterocycles. The van der Waals surface area contributed by atoms with Crippen LogP contribution in [0.4, 0.5) is 0 Å². The van der Waals surface area contributed by atoms with Crippen molar-refractivity contribution in [2.24, 2.45) is 0 Å². The molecule has 0 aromatic rings. The molecule has 2 N–H and O–H groups in total. The summed E-state index contributed by atoms with van der Waals surface area (Å²) in [7, 11) is 0. The number of hydrogen-bond donors (Lipinski definition) is 2. The van der Waals surface area contributed by atoms with Crippen molar-refractivity contribution in [1.82, 2.24) is 0 Å². The number of unbranched alkanes of at least 4 members (excludes halogenated alkanes) is 12. The number of rotatable bonds is 17. The number of hydrogen-bond acceptors (Lipinski definition) is 3. The van der Waals surface area contributed by atoms with Crippen molar-refractivity contribution in [2.75, 3.05) is 26.4 Å². The average Bonchev–Trinajstić information content (AvgIpc) is 2.58. The third-order valence-corrected chi connectivity index (χ3v) is 3.88. The van der Waals surface area contributed by atoms with Crippen molar-refractivity contribution in [3.8, 4) is 0 Å². The van der Waals surface area contributed by atoms with Gasteiger partial charge in [-0.25, -0.2) is 0 Å². The smallest absolute Gasteiger partial charge is 0.0662 e. The molecule has 142 valence electrons. The summed E-state index contributed by atoms with van der Waals surface area (Å²) in [6.07, 6.45) is 19.3. The van der Waals surface area contributed by atoms with Crippen LogP contribution in [0.5, 0.6) is 0 Å². The molecule has 0 fully saturated rings. The number of aliphatic hydroxyl groups excluding tert-OH is 2. The highest BCUT2D eigenvalue weighted by atomic mass is 16.5. The Kier molecular flexibility index (Phi) is 29.2. The fraction of sp³-hybridized carbons (Fsp3) is 1.00. The molecule has 0 amide bonds. The van der Waals surface area contributed by atoms with E-state index >= 15 is 0 Å². The second kappa shape index (κ2) is 26.8. The van der Waals surface area contributed by atoms with Gasteiger partial charge in [-0.1, -0.05) is 90.9 Å². The molecule has 0 radical (unpaired) electrons. The van der Waals surface area contributed by atoms with Crippen LogP contribution >= 0.6 is 0 Å². The fourth-order valence-corrected chi connectivity index (χ4v) is 2.42. The van der Waals surface area contributed by atoms with Gasteiger partial charge in [0.2, 0.25) is 0 Å². The van der Waals surface area contributed by atoms with Crippen LogP contribution in [-0.2, 0) is 4.74 Å². The normalized spacial score (nSPS) is 10.4. The van der Waals surface area contributed by atoms with Crippen molar-refractivity contribution in [2.45, 2.75) is 104 Å². The highest BCUT2D eigenvalue weighted by molar-refractivity contribution is 4.47. The minimum Gasteiger partial charge on any atom is -0.394 e. The largest absolute Gasteiger partial charge is 0.394 e. The van der Waals surface area contributed by atoms with E-state index in [4.69, 9.17) is 14.9 Å². The van der Waals surface area contributed by atoms with Crippen LogP contribution in [0.15, 0.2) is 0 Å². The van der Waals surface area contributed by atoms with Crippen LogP contribution in [0.1, 0.15) is 104 Å². The fourth-order valence-electron chi connectivity index (χ4n) is 2.42. The van der Waals surface area contributed by atoms with E-state index in [2.05, 4.69) is 13.8 Å². The molecule has 0 aromatic carbocycles. The van der Waals surface area contributed by atoms with E-state index in [-0.39, 0.29) is 13.2 Å². The predicted molar refractivity (Wildman–Crippen MR) is 101 cm³/mol. The van der Waals surface area contributed by atoms with Crippen LogP contribution in [0.25, 0.3) is 0 Å². The molecule has 3 nitrogen and oxygen atoms in total. The Morgan fingerprint density at radius 3 is 1.09 bits per heavy atom. The molecular formula is C20H44O3. The van der Waals surface area contributed by atoms with Crippen molar-refractivity contribution in [1.29, 1.82) is 0 Å². The molecule has 0 saturated carbocycles. The molecular weight excluding hydrogens is 288 g/mol. The van der Waals surface area contributed by atoms with Gasteiger partial charge in [0.1, 0.15) is 0 Å².